The molecule has 4 heteroatoms. The third-order valence-electron chi connectivity index (χ3n) is 2.97. The van der Waals surface area contributed by atoms with E-state index in [4.69, 9.17) is 10.00 Å². The second-order valence-corrected chi connectivity index (χ2v) is 3.99. The molecule has 0 aromatic heterocycles. The predicted molar refractivity (Wildman–Crippen MR) is 53.3 cm³/mol. The molecule has 0 radical (unpaired) electrons. The largest absolute Gasteiger partial charge is 0.478 e. The third kappa shape index (κ3) is 2.12. The zero-order valence-electron chi connectivity index (χ0n) is 8.58. The Morgan fingerprint density at radius 2 is 2.20 bits per heavy atom. The first-order valence-electron chi connectivity index (χ1n) is 5.38. The van der Waals surface area contributed by atoms with Gasteiger partial charge in [0.15, 0.2) is 0 Å². The van der Waals surface area contributed by atoms with Crippen LogP contribution in [0.25, 0.3) is 0 Å². The van der Waals surface area contributed by atoms with Gasteiger partial charge >= 0.3 is 0 Å². The standard InChI is InChI=1S/C11H14N2O2/c12-7-9-5-6-15-11(9)13-10(14)8-3-1-2-4-8/h8H,1-6H2,(H,13,14). The van der Waals surface area contributed by atoms with Crippen LogP contribution in [0.4, 0.5) is 0 Å². The molecule has 1 heterocycles. The molecule has 0 saturated heterocycles. The zero-order chi connectivity index (χ0) is 10.7. The van der Waals surface area contributed by atoms with E-state index in [1.807, 2.05) is 6.07 Å². The molecule has 0 unspecified atom stereocenters. The Morgan fingerprint density at radius 1 is 1.47 bits per heavy atom. The Morgan fingerprint density at radius 3 is 2.87 bits per heavy atom. The highest BCUT2D eigenvalue weighted by Crippen LogP contribution is 2.25. The monoisotopic (exact) mass is 206 g/mol. The van der Waals surface area contributed by atoms with Crippen molar-refractivity contribution in [2.75, 3.05) is 6.61 Å². The summed E-state index contributed by atoms with van der Waals surface area (Å²) in [6.45, 7) is 0.503. The highest BCUT2D eigenvalue weighted by atomic mass is 16.5. The zero-order valence-corrected chi connectivity index (χ0v) is 8.58. The molecule has 4 nitrogen and oxygen atoms in total. The number of carbonyl (C=O) groups excluding carboxylic acids is 1. The number of rotatable bonds is 2. The van der Waals surface area contributed by atoms with Crippen molar-refractivity contribution < 1.29 is 9.53 Å². The Bertz CT molecular complexity index is 335. The summed E-state index contributed by atoms with van der Waals surface area (Å²) < 4.78 is 5.21. The summed E-state index contributed by atoms with van der Waals surface area (Å²) in [5.74, 6) is 0.508. The van der Waals surface area contributed by atoms with Crippen LogP contribution < -0.4 is 5.32 Å². The van der Waals surface area contributed by atoms with Crippen LogP contribution in [-0.4, -0.2) is 12.5 Å². The Hall–Kier alpha value is -1.50. The van der Waals surface area contributed by atoms with Crippen LogP contribution in [0.2, 0.25) is 0 Å². The van der Waals surface area contributed by atoms with Crippen LogP contribution in [0.1, 0.15) is 32.1 Å². The van der Waals surface area contributed by atoms with Crippen LogP contribution in [0.5, 0.6) is 0 Å². The number of ether oxygens (including phenoxy) is 1. The summed E-state index contributed by atoms with van der Waals surface area (Å²) in [4.78, 5) is 11.7. The molecule has 0 spiro atoms. The lowest BCUT2D eigenvalue weighted by molar-refractivity contribution is -0.124. The molecule has 15 heavy (non-hydrogen) atoms. The lowest BCUT2D eigenvalue weighted by Crippen LogP contribution is -2.29. The number of carbonyl (C=O) groups is 1. The fraction of sp³-hybridized carbons (Fsp3) is 0.636. The van der Waals surface area contributed by atoms with Crippen molar-refractivity contribution >= 4 is 5.91 Å². The van der Waals surface area contributed by atoms with E-state index in [9.17, 15) is 4.79 Å². The minimum absolute atomic E-state index is 0.0113. The highest BCUT2D eigenvalue weighted by molar-refractivity contribution is 5.80. The van der Waals surface area contributed by atoms with Crippen LogP contribution in [0.15, 0.2) is 11.5 Å². The second-order valence-electron chi connectivity index (χ2n) is 3.99. The van der Waals surface area contributed by atoms with Gasteiger partial charge in [-0.05, 0) is 12.8 Å². The maximum absolute atomic E-state index is 11.7. The Kier molecular flexibility index (Phi) is 2.91. The van der Waals surface area contributed by atoms with Gasteiger partial charge in [-0.25, -0.2) is 0 Å². The minimum atomic E-state index is 0.0113. The molecular formula is C11H14N2O2. The van der Waals surface area contributed by atoms with E-state index in [1.165, 1.54) is 0 Å². The topological polar surface area (TPSA) is 62.1 Å². The Balaban J connectivity index is 1.96. The molecule has 80 valence electrons. The fourth-order valence-electron chi connectivity index (χ4n) is 2.08. The van der Waals surface area contributed by atoms with Crippen LogP contribution >= 0.6 is 0 Å². The summed E-state index contributed by atoms with van der Waals surface area (Å²) in [6, 6.07) is 2.05. The second kappa shape index (κ2) is 4.35. The van der Waals surface area contributed by atoms with Gasteiger partial charge in [-0.3, -0.25) is 10.1 Å². The quantitative estimate of drug-likeness (QED) is 0.743. The van der Waals surface area contributed by atoms with E-state index < -0.39 is 0 Å². The maximum Gasteiger partial charge on any atom is 0.229 e. The van der Waals surface area contributed by atoms with Gasteiger partial charge in [0.25, 0.3) is 0 Å². The summed E-state index contributed by atoms with van der Waals surface area (Å²) in [7, 11) is 0. The smallest absolute Gasteiger partial charge is 0.229 e. The van der Waals surface area contributed by atoms with E-state index in [-0.39, 0.29) is 11.8 Å². The van der Waals surface area contributed by atoms with Crippen LogP contribution in [0.3, 0.4) is 0 Å². The number of hydrogen-bond donors (Lipinski definition) is 1. The number of amides is 1. The van der Waals surface area contributed by atoms with Crippen molar-refractivity contribution in [2.24, 2.45) is 5.92 Å². The van der Waals surface area contributed by atoms with Gasteiger partial charge in [0.1, 0.15) is 6.07 Å². The van der Waals surface area contributed by atoms with Gasteiger partial charge < -0.3 is 4.74 Å². The van der Waals surface area contributed by atoms with E-state index in [1.54, 1.807) is 0 Å². The summed E-state index contributed by atoms with van der Waals surface area (Å²) in [5.41, 5.74) is 0.557. The lowest BCUT2D eigenvalue weighted by Gasteiger charge is -2.10. The average molecular weight is 206 g/mol. The molecule has 0 bridgehead atoms. The highest BCUT2D eigenvalue weighted by Gasteiger charge is 2.25. The summed E-state index contributed by atoms with van der Waals surface area (Å²) in [5, 5.41) is 11.5. The van der Waals surface area contributed by atoms with E-state index >= 15 is 0 Å². The molecule has 1 N–H and O–H groups in total. The average Bonchev–Trinajstić information content (AvgIpc) is 2.87. The summed E-state index contributed by atoms with van der Waals surface area (Å²) in [6.07, 6.45) is 4.78. The van der Waals surface area contributed by atoms with Crippen molar-refractivity contribution in [3.8, 4) is 6.07 Å². The minimum Gasteiger partial charge on any atom is -0.478 e. The first-order chi connectivity index (χ1) is 7.31. The molecule has 1 amide bonds. The molecule has 2 rings (SSSR count). The molecule has 2 aliphatic rings. The lowest BCUT2D eigenvalue weighted by atomic mass is 10.1. The molecule has 0 atom stereocenters. The van der Waals surface area contributed by atoms with E-state index in [2.05, 4.69) is 5.32 Å². The van der Waals surface area contributed by atoms with Gasteiger partial charge in [0.2, 0.25) is 11.8 Å². The van der Waals surface area contributed by atoms with Crippen molar-refractivity contribution in [2.45, 2.75) is 32.1 Å². The first kappa shape index (κ1) is 10.0. The molecular weight excluding hydrogens is 192 g/mol. The van der Waals surface area contributed by atoms with Crippen LogP contribution in [0, 0.1) is 17.2 Å². The van der Waals surface area contributed by atoms with E-state index in [0.29, 0.717) is 24.5 Å². The number of nitriles is 1. The van der Waals surface area contributed by atoms with Gasteiger partial charge in [-0.2, -0.15) is 5.26 Å². The van der Waals surface area contributed by atoms with E-state index in [0.717, 1.165) is 25.7 Å². The van der Waals surface area contributed by atoms with Gasteiger partial charge in [-0.15, -0.1) is 0 Å². The SMILES string of the molecule is N#CC1=C(NC(=O)C2CCCC2)OCC1. The maximum atomic E-state index is 11.7. The third-order valence-corrected chi connectivity index (χ3v) is 2.97. The molecule has 0 aromatic rings. The Labute approximate surface area is 88.9 Å². The molecule has 1 saturated carbocycles. The summed E-state index contributed by atoms with van der Waals surface area (Å²) >= 11 is 0. The van der Waals surface area contributed by atoms with Crippen molar-refractivity contribution in [1.82, 2.24) is 5.32 Å². The molecule has 1 fully saturated rings. The van der Waals surface area contributed by atoms with Gasteiger partial charge in [-0.1, -0.05) is 12.8 Å². The van der Waals surface area contributed by atoms with Crippen molar-refractivity contribution in [3.63, 3.8) is 0 Å². The van der Waals surface area contributed by atoms with Crippen molar-refractivity contribution in [1.29, 1.82) is 5.26 Å². The van der Waals surface area contributed by atoms with Crippen LogP contribution in [-0.2, 0) is 9.53 Å². The number of nitrogens with one attached hydrogen (secondary N) is 1. The molecule has 1 aliphatic carbocycles. The molecule has 1 aliphatic heterocycles. The first-order valence-corrected chi connectivity index (χ1v) is 5.38. The van der Waals surface area contributed by atoms with Gasteiger partial charge in [0.05, 0.1) is 12.2 Å². The number of hydrogen-bond acceptors (Lipinski definition) is 3. The predicted octanol–water partition coefficient (Wildman–Crippen LogP) is 1.45. The number of nitrogens with zero attached hydrogens (tertiary/aromatic N) is 1. The van der Waals surface area contributed by atoms with Gasteiger partial charge in [0, 0.05) is 12.3 Å². The van der Waals surface area contributed by atoms with Crippen molar-refractivity contribution in [3.05, 3.63) is 11.5 Å². The molecule has 0 aromatic carbocycles. The fourth-order valence-corrected chi connectivity index (χ4v) is 2.08. The normalized spacial score (nSPS) is 21.3.